The van der Waals surface area contributed by atoms with Crippen molar-refractivity contribution in [2.45, 2.75) is 38.8 Å². The van der Waals surface area contributed by atoms with Gasteiger partial charge in [0.15, 0.2) is 0 Å². The topological polar surface area (TPSA) is 84.2 Å². The van der Waals surface area contributed by atoms with Gasteiger partial charge in [-0.05, 0) is 78.3 Å². The van der Waals surface area contributed by atoms with Crippen LogP contribution >= 0.6 is 11.6 Å². The number of aromatic amines is 2. The molecule has 2 aromatic carbocycles. The van der Waals surface area contributed by atoms with Gasteiger partial charge in [0.2, 0.25) is 0 Å². The zero-order chi connectivity index (χ0) is 24.4. The number of fused-ring (bicyclic) bond motifs is 2. The maximum atomic E-state index is 11.3. The summed E-state index contributed by atoms with van der Waals surface area (Å²) in [6.45, 7) is 3.93. The van der Waals surface area contributed by atoms with Crippen LogP contribution in [0.5, 0.6) is 0 Å². The third-order valence-corrected chi connectivity index (χ3v) is 7.25. The highest BCUT2D eigenvalue weighted by atomic mass is 35.5. The second-order valence-corrected chi connectivity index (χ2v) is 9.62. The van der Waals surface area contributed by atoms with Gasteiger partial charge in [-0.1, -0.05) is 35.9 Å². The minimum Gasteiger partial charge on any atom is -0.364 e. The Morgan fingerprint density at radius 1 is 1.23 bits per heavy atom. The lowest BCUT2D eigenvalue weighted by Gasteiger charge is -2.30. The molecule has 1 unspecified atom stereocenters. The molecule has 2 aromatic heterocycles. The number of halogens is 1. The standard InChI is InChI=1S/C28H29ClN4O2/c1-18-10-12-30-26(18)17-33(13-11-21-16-31-25-15-22(29)5-7-23(21)25)27-8-4-20-14-19(2-6-24(20)27)3-9-28(34)32-35/h2-3,5-7,9-10,12,14-16,27,30-31,35H,4,8,11,13,17H2,1H3,(H,32,34). The predicted octanol–water partition coefficient (Wildman–Crippen LogP) is 5.71. The fourth-order valence-corrected chi connectivity index (χ4v) is 5.31. The molecule has 0 spiro atoms. The normalized spacial score (nSPS) is 15.4. The van der Waals surface area contributed by atoms with Crippen molar-refractivity contribution in [3.8, 4) is 0 Å². The van der Waals surface area contributed by atoms with E-state index in [1.165, 1.54) is 39.4 Å². The van der Waals surface area contributed by atoms with E-state index in [0.29, 0.717) is 6.04 Å². The number of hydrogen-bond acceptors (Lipinski definition) is 3. The van der Waals surface area contributed by atoms with E-state index in [4.69, 9.17) is 16.8 Å². The number of benzene rings is 2. The Bertz CT molecular complexity index is 1390. The molecule has 180 valence electrons. The Morgan fingerprint density at radius 2 is 2.11 bits per heavy atom. The average Bonchev–Trinajstić information content (AvgIpc) is 3.58. The Hall–Kier alpha value is -3.32. The van der Waals surface area contributed by atoms with Crippen molar-refractivity contribution in [1.82, 2.24) is 20.3 Å². The molecule has 4 N–H and O–H groups in total. The molecule has 1 atom stereocenters. The largest absolute Gasteiger partial charge is 0.364 e. The zero-order valence-electron chi connectivity index (χ0n) is 19.6. The number of H-pyrrole nitrogens is 2. The monoisotopic (exact) mass is 488 g/mol. The quantitative estimate of drug-likeness (QED) is 0.146. The minimum absolute atomic E-state index is 0.325. The summed E-state index contributed by atoms with van der Waals surface area (Å²) in [6, 6.07) is 14.9. The van der Waals surface area contributed by atoms with Gasteiger partial charge < -0.3 is 9.97 Å². The fourth-order valence-electron chi connectivity index (χ4n) is 5.14. The van der Waals surface area contributed by atoms with Crippen molar-refractivity contribution in [3.05, 3.63) is 99.5 Å². The molecule has 2 heterocycles. The summed E-state index contributed by atoms with van der Waals surface area (Å²) < 4.78 is 0. The predicted molar refractivity (Wildman–Crippen MR) is 139 cm³/mol. The summed E-state index contributed by atoms with van der Waals surface area (Å²) >= 11 is 6.17. The molecule has 35 heavy (non-hydrogen) atoms. The molecule has 0 saturated carbocycles. The number of hydrogen-bond donors (Lipinski definition) is 4. The number of rotatable bonds is 8. The van der Waals surface area contributed by atoms with Gasteiger partial charge in [0.25, 0.3) is 5.91 Å². The molecule has 0 radical (unpaired) electrons. The van der Waals surface area contributed by atoms with E-state index in [9.17, 15) is 4.79 Å². The van der Waals surface area contributed by atoms with Gasteiger partial charge in [0.05, 0.1) is 0 Å². The third kappa shape index (κ3) is 5.05. The number of aromatic nitrogens is 2. The molecule has 0 aliphatic heterocycles. The van der Waals surface area contributed by atoms with Crippen LogP contribution in [0.25, 0.3) is 17.0 Å². The first-order valence-electron chi connectivity index (χ1n) is 11.9. The first-order chi connectivity index (χ1) is 17.0. The summed E-state index contributed by atoms with van der Waals surface area (Å²) in [7, 11) is 0. The Balaban J connectivity index is 1.39. The zero-order valence-corrected chi connectivity index (χ0v) is 20.4. The highest BCUT2D eigenvalue weighted by molar-refractivity contribution is 6.31. The van der Waals surface area contributed by atoms with Crippen LogP contribution in [-0.4, -0.2) is 32.5 Å². The van der Waals surface area contributed by atoms with Crippen LogP contribution in [0.3, 0.4) is 0 Å². The second-order valence-electron chi connectivity index (χ2n) is 9.19. The van der Waals surface area contributed by atoms with Gasteiger partial charge in [-0.3, -0.25) is 14.9 Å². The number of hydroxylamine groups is 1. The molecule has 5 rings (SSSR count). The van der Waals surface area contributed by atoms with E-state index in [-0.39, 0.29) is 0 Å². The average molecular weight is 489 g/mol. The van der Waals surface area contributed by atoms with Crippen molar-refractivity contribution in [2.24, 2.45) is 0 Å². The maximum absolute atomic E-state index is 11.3. The summed E-state index contributed by atoms with van der Waals surface area (Å²) in [5.41, 5.74) is 10.1. The van der Waals surface area contributed by atoms with Gasteiger partial charge >= 0.3 is 0 Å². The van der Waals surface area contributed by atoms with E-state index < -0.39 is 5.91 Å². The third-order valence-electron chi connectivity index (χ3n) is 7.02. The van der Waals surface area contributed by atoms with Crippen molar-refractivity contribution < 1.29 is 10.0 Å². The van der Waals surface area contributed by atoms with Crippen LogP contribution in [0.2, 0.25) is 5.02 Å². The van der Waals surface area contributed by atoms with Crippen molar-refractivity contribution >= 4 is 34.5 Å². The molecule has 0 fully saturated rings. The van der Waals surface area contributed by atoms with Crippen molar-refractivity contribution in [2.75, 3.05) is 6.54 Å². The van der Waals surface area contributed by atoms with Crippen molar-refractivity contribution in [3.63, 3.8) is 0 Å². The summed E-state index contributed by atoms with van der Waals surface area (Å²) in [4.78, 5) is 20.7. The number of nitrogens with zero attached hydrogens (tertiary/aromatic N) is 1. The van der Waals surface area contributed by atoms with E-state index in [1.54, 1.807) is 11.6 Å². The molecule has 1 amide bonds. The van der Waals surface area contributed by atoms with Crippen LogP contribution in [0.15, 0.2) is 60.9 Å². The molecular weight excluding hydrogens is 460 g/mol. The molecule has 4 aromatic rings. The lowest BCUT2D eigenvalue weighted by atomic mass is 10.0. The summed E-state index contributed by atoms with van der Waals surface area (Å²) in [6.07, 6.45) is 10.2. The van der Waals surface area contributed by atoms with E-state index in [2.05, 4.69) is 52.3 Å². The molecule has 7 heteroatoms. The molecule has 0 saturated heterocycles. The van der Waals surface area contributed by atoms with Gasteiger partial charge in [0.1, 0.15) is 0 Å². The highest BCUT2D eigenvalue weighted by Crippen LogP contribution is 2.37. The van der Waals surface area contributed by atoms with Gasteiger partial charge in [-0.2, -0.15) is 0 Å². The summed E-state index contributed by atoms with van der Waals surface area (Å²) in [5.74, 6) is -0.532. The highest BCUT2D eigenvalue weighted by Gasteiger charge is 2.28. The van der Waals surface area contributed by atoms with E-state index in [1.807, 2.05) is 24.4 Å². The van der Waals surface area contributed by atoms with Crippen LogP contribution in [-0.2, 0) is 24.2 Å². The number of nitrogens with one attached hydrogen (secondary N) is 3. The fraction of sp³-hybridized carbons (Fsp3) is 0.250. The van der Waals surface area contributed by atoms with E-state index >= 15 is 0 Å². The number of carbonyl (C=O) groups excluding carboxylic acids is 1. The lowest BCUT2D eigenvalue weighted by molar-refractivity contribution is -0.124. The maximum Gasteiger partial charge on any atom is 0.267 e. The van der Waals surface area contributed by atoms with Crippen LogP contribution in [0.1, 0.15) is 46.0 Å². The second kappa shape index (κ2) is 10.1. The first-order valence-corrected chi connectivity index (χ1v) is 12.3. The Kier molecular flexibility index (Phi) is 6.77. The van der Waals surface area contributed by atoms with Crippen molar-refractivity contribution in [1.29, 1.82) is 0 Å². The molecule has 0 bridgehead atoms. The molecular formula is C28H29ClN4O2. The Morgan fingerprint density at radius 3 is 2.91 bits per heavy atom. The summed E-state index contributed by atoms with van der Waals surface area (Å²) in [5, 5.41) is 10.7. The van der Waals surface area contributed by atoms with Crippen LogP contribution < -0.4 is 5.48 Å². The molecule has 6 nitrogen and oxygen atoms in total. The Labute approximate surface area is 209 Å². The molecule has 1 aliphatic carbocycles. The number of aryl methyl sites for hydroxylation is 2. The number of carbonyl (C=O) groups is 1. The SMILES string of the molecule is Cc1cc[nH]c1CN(CCc1c[nH]c2cc(Cl)ccc12)C1CCc2cc(C=CC(=O)NO)ccc21. The van der Waals surface area contributed by atoms with Crippen LogP contribution in [0.4, 0.5) is 0 Å². The smallest absolute Gasteiger partial charge is 0.267 e. The lowest BCUT2D eigenvalue weighted by Crippen LogP contribution is -2.29. The molecule has 1 aliphatic rings. The van der Waals surface area contributed by atoms with Gasteiger partial charge in [-0.25, -0.2) is 5.48 Å². The van der Waals surface area contributed by atoms with Gasteiger partial charge in [-0.15, -0.1) is 0 Å². The minimum atomic E-state index is -0.532. The first kappa shape index (κ1) is 23.4. The number of amides is 1. The van der Waals surface area contributed by atoms with Crippen LogP contribution in [0, 0.1) is 6.92 Å². The van der Waals surface area contributed by atoms with E-state index in [0.717, 1.165) is 48.5 Å². The van der Waals surface area contributed by atoms with Gasteiger partial charge in [0, 0.05) is 59.2 Å².